The van der Waals surface area contributed by atoms with E-state index in [-0.39, 0.29) is 10.8 Å². The molecule has 0 radical (unpaired) electrons. The molecule has 5 aromatic rings. The van der Waals surface area contributed by atoms with Crippen LogP contribution in [0.4, 0.5) is 0 Å². The number of para-hydroxylation sites is 1. The molecule has 0 aliphatic carbocycles. The fourth-order valence-electron chi connectivity index (χ4n) is 5.32. The summed E-state index contributed by atoms with van der Waals surface area (Å²) in [5.74, 6) is -0.967. The Hall–Kier alpha value is -4.73. The summed E-state index contributed by atoms with van der Waals surface area (Å²) in [5.41, 5.74) is 7.15. The van der Waals surface area contributed by atoms with Gasteiger partial charge in [0.05, 0.1) is 16.6 Å². The van der Waals surface area contributed by atoms with E-state index in [9.17, 15) is 18.0 Å². The molecule has 0 fully saturated rings. The molecule has 3 N–H and O–H groups in total. The third-order valence-electron chi connectivity index (χ3n) is 7.24. The van der Waals surface area contributed by atoms with Crippen LogP contribution in [-0.4, -0.2) is 36.2 Å². The van der Waals surface area contributed by atoms with Crippen LogP contribution in [0.2, 0.25) is 0 Å². The van der Waals surface area contributed by atoms with E-state index in [1.54, 1.807) is 37.3 Å². The first-order valence-electron chi connectivity index (χ1n) is 12.8. The average Bonchev–Trinajstić information content (AvgIpc) is 3.51. The predicted octanol–water partition coefficient (Wildman–Crippen LogP) is 4.78. The first kappa shape index (κ1) is 25.5. The molecule has 4 aromatic carbocycles. The van der Waals surface area contributed by atoms with Gasteiger partial charge in [-0.2, -0.15) is 0 Å². The number of nitrogens with zero attached hydrogens (tertiary/aromatic N) is 1. The average molecular weight is 551 g/mol. The van der Waals surface area contributed by atoms with Gasteiger partial charge in [-0.05, 0) is 42.3 Å². The molecule has 2 amide bonds. The lowest BCUT2D eigenvalue weighted by Crippen LogP contribution is -2.52. The van der Waals surface area contributed by atoms with E-state index >= 15 is 0 Å². The Kier molecular flexibility index (Phi) is 6.45. The lowest BCUT2D eigenvalue weighted by Gasteiger charge is -2.31. The van der Waals surface area contributed by atoms with Gasteiger partial charge in [0.25, 0.3) is 21.8 Å². The highest BCUT2D eigenvalue weighted by atomic mass is 32.2. The van der Waals surface area contributed by atoms with Crippen molar-refractivity contribution < 1.29 is 18.0 Å². The Labute approximate surface area is 231 Å². The van der Waals surface area contributed by atoms with Crippen molar-refractivity contribution in [2.24, 2.45) is 0 Å². The van der Waals surface area contributed by atoms with Gasteiger partial charge in [0, 0.05) is 22.0 Å². The van der Waals surface area contributed by atoms with E-state index in [1.807, 2.05) is 66.7 Å². The molecule has 0 spiro atoms. The van der Waals surface area contributed by atoms with Crippen LogP contribution in [-0.2, 0) is 14.8 Å². The molecule has 1 aromatic heterocycles. The molecule has 0 saturated heterocycles. The van der Waals surface area contributed by atoms with E-state index in [4.69, 9.17) is 0 Å². The number of benzene rings is 4. The second kappa shape index (κ2) is 10.1. The highest BCUT2D eigenvalue weighted by Crippen LogP contribution is 2.46. The van der Waals surface area contributed by atoms with Crippen LogP contribution in [0.1, 0.15) is 34.5 Å². The summed E-state index contributed by atoms with van der Waals surface area (Å²) in [6, 6.07) is 31.1. The lowest BCUT2D eigenvalue weighted by molar-refractivity contribution is -0.126. The first-order valence-corrected chi connectivity index (χ1v) is 14.3. The molecule has 8 nitrogen and oxygen atoms in total. The van der Waals surface area contributed by atoms with Crippen LogP contribution >= 0.6 is 0 Å². The van der Waals surface area contributed by atoms with Crippen LogP contribution in [0.5, 0.6) is 0 Å². The van der Waals surface area contributed by atoms with Crippen LogP contribution in [0, 0.1) is 0 Å². The number of hydrazine groups is 1. The Bertz CT molecular complexity index is 1840. The van der Waals surface area contributed by atoms with Gasteiger partial charge in [0.2, 0.25) is 0 Å². The Balaban J connectivity index is 1.42. The molecular weight excluding hydrogens is 524 g/mol. The zero-order chi connectivity index (χ0) is 27.9. The normalized spacial score (nSPS) is 15.7. The maximum Gasteiger partial charge on any atom is 0.257 e. The monoisotopic (exact) mass is 550 g/mol. The van der Waals surface area contributed by atoms with Crippen molar-refractivity contribution in [3.8, 4) is 11.3 Å². The van der Waals surface area contributed by atoms with Gasteiger partial charge in [0.15, 0.2) is 0 Å². The van der Waals surface area contributed by atoms with E-state index in [0.29, 0.717) is 5.56 Å². The molecule has 2 atom stereocenters. The number of amides is 2. The van der Waals surface area contributed by atoms with Crippen LogP contribution in [0.3, 0.4) is 0 Å². The molecule has 0 saturated carbocycles. The smallest absolute Gasteiger partial charge is 0.257 e. The maximum absolute atomic E-state index is 13.9. The van der Waals surface area contributed by atoms with Crippen molar-refractivity contribution in [1.29, 1.82) is 0 Å². The fraction of sp³-hybridized carbons (Fsp3) is 0.0968. The van der Waals surface area contributed by atoms with Crippen molar-refractivity contribution in [3.05, 3.63) is 126 Å². The van der Waals surface area contributed by atoms with Crippen molar-refractivity contribution in [3.63, 3.8) is 0 Å². The standard InChI is InChI=1S/C31H26N4O4S/c1-20(30(36)33-34-40(38,39)22-14-6-3-7-15-22)35-29(23-16-8-9-17-24(23)31(35)37)27-25-18-10-11-19-26(25)32-28(27)21-12-4-2-5-13-21/h2-20,29,32,34H,1H3,(H,33,36). The zero-order valence-electron chi connectivity index (χ0n) is 21.5. The van der Waals surface area contributed by atoms with Crippen molar-refractivity contribution in [2.45, 2.75) is 23.9 Å². The molecular formula is C31H26N4O4S. The molecule has 2 unspecified atom stereocenters. The molecule has 200 valence electrons. The summed E-state index contributed by atoms with van der Waals surface area (Å²) >= 11 is 0. The number of aromatic amines is 1. The molecule has 6 rings (SSSR count). The first-order chi connectivity index (χ1) is 19.4. The largest absolute Gasteiger partial charge is 0.354 e. The zero-order valence-corrected chi connectivity index (χ0v) is 22.4. The second-order valence-electron chi connectivity index (χ2n) is 9.61. The Morgan fingerprint density at radius 2 is 1.48 bits per heavy atom. The minimum absolute atomic E-state index is 0.0109. The highest BCUT2D eigenvalue weighted by Gasteiger charge is 2.44. The Morgan fingerprint density at radius 3 is 2.23 bits per heavy atom. The fourth-order valence-corrected chi connectivity index (χ4v) is 6.19. The topological polar surface area (TPSA) is 111 Å². The lowest BCUT2D eigenvalue weighted by atomic mass is 9.92. The predicted molar refractivity (Wildman–Crippen MR) is 153 cm³/mol. The van der Waals surface area contributed by atoms with Crippen molar-refractivity contribution >= 4 is 32.7 Å². The number of rotatable bonds is 7. The Morgan fingerprint density at radius 1 is 0.850 bits per heavy atom. The number of aromatic nitrogens is 1. The van der Waals surface area contributed by atoms with Crippen molar-refractivity contribution in [2.75, 3.05) is 0 Å². The van der Waals surface area contributed by atoms with Gasteiger partial charge < -0.3 is 9.88 Å². The van der Waals surface area contributed by atoms with Gasteiger partial charge in [-0.25, -0.2) is 8.42 Å². The van der Waals surface area contributed by atoms with Crippen LogP contribution in [0.25, 0.3) is 22.2 Å². The third kappa shape index (κ3) is 4.35. The van der Waals surface area contributed by atoms with Gasteiger partial charge in [-0.3, -0.25) is 15.0 Å². The highest BCUT2D eigenvalue weighted by molar-refractivity contribution is 7.89. The quantitative estimate of drug-likeness (QED) is 0.253. The SMILES string of the molecule is CC(C(=O)NNS(=O)(=O)c1ccccc1)N1C(=O)c2ccccc2C1c1c(-c2ccccc2)[nH]c2ccccc12. The molecule has 2 heterocycles. The van der Waals surface area contributed by atoms with Crippen molar-refractivity contribution in [1.82, 2.24) is 20.1 Å². The number of hydrogen-bond donors (Lipinski definition) is 3. The number of hydrogen-bond acceptors (Lipinski definition) is 4. The van der Waals surface area contributed by atoms with Gasteiger partial charge in [-0.15, -0.1) is 4.83 Å². The molecule has 0 bridgehead atoms. The number of carbonyl (C=O) groups is 2. The van der Waals surface area contributed by atoms with Crippen LogP contribution < -0.4 is 10.3 Å². The molecule has 40 heavy (non-hydrogen) atoms. The van der Waals surface area contributed by atoms with E-state index in [0.717, 1.165) is 33.3 Å². The number of fused-ring (bicyclic) bond motifs is 2. The van der Waals surface area contributed by atoms with Gasteiger partial charge >= 0.3 is 0 Å². The van der Waals surface area contributed by atoms with Crippen LogP contribution in [0.15, 0.2) is 114 Å². The summed E-state index contributed by atoms with van der Waals surface area (Å²) < 4.78 is 25.4. The summed E-state index contributed by atoms with van der Waals surface area (Å²) in [6.45, 7) is 1.60. The summed E-state index contributed by atoms with van der Waals surface area (Å²) in [5, 5.41) is 0.929. The molecule has 1 aliphatic heterocycles. The second-order valence-corrected chi connectivity index (χ2v) is 11.3. The number of nitrogens with one attached hydrogen (secondary N) is 3. The third-order valence-corrected chi connectivity index (χ3v) is 8.50. The number of sulfonamides is 1. The van der Waals surface area contributed by atoms with Gasteiger partial charge in [0.1, 0.15) is 6.04 Å². The number of H-pyrrole nitrogens is 1. The summed E-state index contributed by atoms with van der Waals surface area (Å²) in [7, 11) is -4.00. The minimum atomic E-state index is -4.00. The van der Waals surface area contributed by atoms with E-state index < -0.39 is 28.0 Å². The van der Waals surface area contributed by atoms with E-state index in [2.05, 4.69) is 15.2 Å². The molecule has 1 aliphatic rings. The number of carbonyl (C=O) groups excluding carboxylic acids is 2. The summed E-state index contributed by atoms with van der Waals surface area (Å²) in [6.07, 6.45) is 0. The van der Waals surface area contributed by atoms with E-state index in [1.165, 1.54) is 17.0 Å². The maximum atomic E-state index is 13.9. The van der Waals surface area contributed by atoms with Gasteiger partial charge in [-0.1, -0.05) is 84.9 Å². The summed E-state index contributed by atoms with van der Waals surface area (Å²) in [4.78, 5) is 34.5. The molecule has 9 heteroatoms. The minimum Gasteiger partial charge on any atom is -0.354 e.